The molecule has 3 rings (SSSR count). The fourth-order valence-electron chi connectivity index (χ4n) is 2.68. The molecular formula is C16H20N4O4. The molecule has 1 amide bonds. The zero-order chi connectivity index (χ0) is 17.1. The van der Waals surface area contributed by atoms with Gasteiger partial charge in [-0.05, 0) is 18.6 Å². The van der Waals surface area contributed by atoms with Gasteiger partial charge in [0.2, 0.25) is 5.75 Å². The molecule has 0 fully saturated rings. The Morgan fingerprint density at radius 1 is 1.21 bits per heavy atom. The third-order valence-electron chi connectivity index (χ3n) is 3.85. The number of nitrogens with zero attached hydrogens (tertiary/aromatic N) is 2. The van der Waals surface area contributed by atoms with Gasteiger partial charge in [0, 0.05) is 18.7 Å². The number of hydrogen-bond acceptors (Lipinski definition) is 6. The van der Waals surface area contributed by atoms with Gasteiger partial charge >= 0.3 is 0 Å². The van der Waals surface area contributed by atoms with Gasteiger partial charge in [-0.2, -0.15) is 5.10 Å². The van der Waals surface area contributed by atoms with Gasteiger partial charge in [-0.1, -0.05) is 0 Å². The van der Waals surface area contributed by atoms with Crippen molar-refractivity contribution in [3.05, 3.63) is 23.9 Å². The fraction of sp³-hybridized carbons (Fsp3) is 0.375. The van der Waals surface area contributed by atoms with Crippen molar-refractivity contribution in [3.63, 3.8) is 0 Å². The van der Waals surface area contributed by atoms with Crippen molar-refractivity contribution in [2.45, 2.75) is 13.0 Å². The van der Waals surface area contributed by atoms with Crippen LogP contribution in [0.4, 0.5) is 11.5 Å². The fourth-order valence-corrected chi connectivity index (χ4v) is 2.68. The molecule has 0 radical (unpaired) electrons. The molecule has 2 N–H and O–H groups in total. The first kappa shape index (κ1) is 16.0. The van der Waals surface area contributed by atoms with Crippen molar-refractivity contribution in [2.24, 2.45) is 0 Å². The van der Waals surface area contributed by atoms with Gasteiger partial charge in [0.25, 0.3) is 5.91 Å². The van der Waals surface area contributed by atoms with E-state index in [1.165, 1.54) is 21.3 Å². The molecule has 0 bridgehead atoms. The first-order valence-corrected chi connectivity index (χ1v) is 7.59. The molecule has 0 aliphatic carbocycles. The van der Waals surface area contributed by atoms with E-state index in [0.717, 1.165) is 25.3 Å². The minimum absolute atomic E-state index is 0.280. The lowest BCUT2D eigenvalue weighted by Gasteiger charge is -2.17. The highest BCUT2D eigenvalue weighted by molar-refractivity contribution is 6.06. The molecule has 2 heterocycles. The largest absolute Gasteiger partial charge is 0.493 e. The molecule has 24 heavy (non-hydrogen) atoms. The van der Waals surface area contributed by atoms with Gasteiger partial charge in [0.15, 0.2) is 11.5 Å². The third kappa shape index (κ3) is 2.82. The van der Waals surface area contributed by atoms with Crippen LogP contribution in [0.5, 0.6) is 17.2 Å². The van der Waals surface area contributed by atoms with Crippen LogP contribution in [0, 0.1) is 0 Å². The standard InChI is InChI=1S/C16H20N4O4/c1-22-12-7-10(8-13(23-2)14(12)24-3)16(21)19-11-9-18-20-6-4-5-17-15(11)20/h7-9,17H,4-6H2,1-3H3,(H,19,21). The highest BCUT2D eigenvalue weighted by Gasteiger charge is 2.20. The van der Waals surface area contributed by atoms with Gasteiger partial charge < -0.3 is 24.8 Å². The molecule has 0 unspecified atom stereocenters. The Balaban J connectivity index is 1.89. The van der Waals surface area contributed by atoms with E-state index in [9.17, 15) is 4.79 Å². The van der Waals surface area contributed by atoms with E-state index in [1.807, 2.05) is 4.68 Å². The molecule has 2 aromatic rings. The van der Waals surface area contributed by atoms with E-state index in [0.29, 0.717) is 28.5 Å². The van der Waals surface area contributed by atoms with E-state index < -0.39 is 0 Å². The summed E-state index contributed by atoms with van der Waals surface area (Å²) in [5.74, 6) is 1.84. The van der Waals surface area contributed by atoms with Crippen molar-refractivity contribution in [3.8, 4) is 17.2 Å². The van der Waals surface area contributed by atoms with Crippen molar-refractivity contribution in [2.75, 3.05) is 38.5 Å². The lowest BCUT2D eigenvalue weighted by Crippen LogP contribution is -2.19. The van der Waals surface area contributed by atoms with E-state index in [1.54, 1.807) is 18.3 Å². The second-order valence-electron chi connectivity index (χ2n) is 5.28. The number of rotatable bonds is 5. The van der Waals surface area contributed by atoms with Gasteiger partial charge in [0.05, 0.1) is 27.5 Å². The van der Waals surface area contributed by atoms with Gasteiger partial charge in [-0.15, -0.1) is 0 Å². The summed E-state index contributed by atoms with van der Waals surface area (Å²) in [5.41, 5.74) is 1.05. The molecule has 1 aliphatic rings. The summed E-state index contributed by atoms with van der Waals surface area (Å²) < 4.78 is 17.7. The van der Waals surface area contributed by atoms with Crippen LogP contribution < -0.4 is 24.8 Å². The second-order valence-corrected chi connectivity index (χ2v) is 5.28. The number of carbonyl (C=O) groups excluding carboxylic acids is 1. The molecule has 1 aromatic heterocycles. The average molecular weight is 332 g/mol. The summed E-state index contributed by atoms with van der Waals surface area (Å²) in [7, 11) is 4.54. The predicted molar refractivity (Wildman–Crippen MR) is 89.4 cm³/mol. The zero-order valence-corrected chi connectivity index (χ0v) is 13.9. The highest BCUT2D eigenvalue weighted by atomic mass is 16.5. The Morgan fingerprint density at radius 2 is 1.92 bits per heavy atom. The van der Waals surface area contributed by atoms with Crippen LogP contribution in [0.15, 0.2) is 18.3 Å². The number of carbonyl (C=O) groups is 1. The Labute approximate surface area is 139 Å². The minimum Gasteiger partial charge on any atom is -0.493 e. The molecule has 8 nitrogen and oxygen atoms in total. The maximum atomic E-state index is 12.6. The molecule has 0 saturated carbocycles. The van der Waals surface area contributed by atoms with Crippen LogP contribution >= 0.6 is 0 Å². The normalized spacial score (nSPS) is 12.8. The predicted octanol–water partition coefficient (Wildman–Crippen LogP) is 1.98. The number of fused-ring (bicyclic) bond motifs is 1. The Kier molecular flexibility index (Phi) is 4.45. The lowest BCUT2D eigenvalue weighted by atomic mass is 10.1. The van der Waals surface area contributed by atoms with E-state index in [2.05, 4.69) is 15.7 Å². The van der Waals surface area contributed by atoms with E-state index in [-0.39, 0.29) is 5.91 Å². The molecule has 8 heteroatoms. The second kappa shape index (κ2) is 6.69. The van der Waals surface area contributed by atoms with Crippen LogP contribution in [0.1, 0.15) is 16.8 Å². The van der Waals surface area contributed by atoms with E-state index >= 15 is 0 Å². The van der Waals surface area contributed by atoms with Crippen LogP contribution in [-0.4, -0.2) is 43.6 Å². The third-order valence-corrected chi connectivity index (χ3v) is 3.85. The van der Waals surface area contributed by atoms with Crippen LogP contribution in [0.2, 0.25) is 0 Å². The quantitative estimate of drug-likeness (QED) is 0.871. The number of benzene rings is 1. The van der Waals surface area contributed by atoms with Crippen LogP contribution in [0.25, 0.3) is 0 Å². The monoisotopic (exact) mass is 332 g/mol. The molecule has 1 aromatic carbocycles. The van der Waals surface area contributed by atoms with Crippen molar-refractivity contribution >= 4 is 17.4 Å². The number of methoxy groups -OCH3 is 3. The number of ether oxygens (including phenoxy) is 3. The highest BCUT2D eigenvalue weighted by Crippen LogP contribution is 2.38. The Hall–Kier alpha value is -2.90. The lowest BCUT2D eigenvalue weighted by molar-refractivity contribution is 0.102. The maximum Gasteiger partial charge on any atom is 0.256 e. The number of aryl methyl sites for hydroxylation is 1. The van der Waals surface area contributed by atoms with Gasteiger partial charge in [0.1, 0.15) is 11.5 Å². The maximum absolute atomic E-state index is 12.6. The number of aromatic nitrogens is 2. The average Bonchev–Trinajstić information content (AvgIpc) is 3.03. The molecule has 0 atom stereocenters. The first-order valence-electron chi connectivity index (χ1n) is 7.59. The molecule has 128 valence electrons. The SMILES string of the molecule is COc1cc(C(=O)Nc2cnn3c2NCCC3)cc(OC)c1OC. The number of anilines is 2. The molecule has 1 aliphatic heterocycles. The topological polar surface area (TPSA) is 86.6 Å². The smallest absolute Gasteiger partial charge is 0.256 e. The number of nitrogens with one attached hydrogen (secondary N) is 2. The summed E-state index contributed by atoms with van der Waals surface area (Å²) in [6, 6.07) is 3.22. The Morgan fingerprint density at radius 3 is 2.54 bits per heavy atom. The number of hydrogen-bond donors (Lipinski definition) is 2. The minimum atomic E-state index is -0.280. The van der Waals surface area contributed by atoms with Crippen molar-refractivity contribution < 1.29 is 19.0 Å². The first-order chi connectivity index (χ1) is 11.7. The summed E-state index contributed by atoms with van der Waals surface area (Å²) >= 11 is 0. The summed E-state index contributed by atoms with van der Waals surface area (Å²) in [6.45, 7) is 1.70. The van der Waals surface area contributed by atoms with Crippen LogP contribution in [0.3, 0.4) is 0 Å². The molecular weight excluding hydrogens is 312 g/mol. The van der Waals surface area contributed by atoms with Gasteiger partial charge in [-0.25, -0.2) is 4.68 Å². The Bertz CT molecular complexity index is 732. The molecule has 0 saturated heterocycles. The van der Waals surface area contributed by atoms with Crippen molar-refractivity contribution in [1.29, 1.82) is 0 Å². The molecule has 0 spiro atoms. The van der Waals surface area contributed by atoms with E-state index in [4.69, 9.17) is 14.2 Å². The summed E-state index contributed by atoms with van der Waals surface area (Å²) in [5, 5.41) is 10.4. The number of amides is 1. The van der Waals surface area contributed by atoms with Crippen LogP contribution in [-0.2, 0) is 6.54 Å². The summed E-state index contributed by atoms with van der Waals surface area (Å²) in [4.78, 5) is 12.6. The summed E-state index contributed by atoms with van der Waals surface area (Å²) in [6.07, 6.45) is 2.65. The van der Waals surface area contributed by atoms with Crippen molar-refractivity contribution in [1.82, 2.24) is 9.78 Å². The zero-order valence-electron chi connectivity index (χ0n) is 13.9. The van der Waals surface area contributed by atoms with Gasteiger partial charge in [-0.3, -0.25) is 4.79 Å².